The van der Waals surface area contributed by atoms with E-state index in [0.717, 1.165) is 102 Å². The van der Waals surface area contributed by atoms with Crippen LogP contribution in [0.5, 0.6) is 0 Å². The first-order valence-corrected chi connectivity index (χ1v) is 41.0. The Kier molecular flexibility index (Phi) is 63.7. The number of ether oxygens (including phenoxy) is 4. The molecule has 0 radical (unpaired) electrons. The summed E-state index contributed by atoms with van der Waals surface area (Å²) in [6.07, 6.45) is 51.4. The fourth-order valence-corrected chi connectivity index (χ4v) is 12.7. The molecule has 0 saturated heterocycles. The van der Waals surface area contributed by atoms with Gasteiger partial charge in [0.15, 0.2) is 12.2 Å². The quantitative estimate of drug-likeness (QED) is 0.0222. The fraction of sp³-hybridized carbons (Fsp3) is 0.945. The Morgan fingerprint density at radius 2 is 0.554 bits per heavy atom. The van der Waals surface area contributed by atoms with E-state index in [9.17, 15) is 43.2 Å². The lowest BCUT2D eigenvalue weighted by molar-refractivity contribution is -0.161. The molecule has 0 aliphatic heterocycles. The summed E-state index contributed by atoms with van der Waals surface area (Å²) >= 11 is 0. The van der Waals surface area contributed by atoms with Crippen molar-refractivity contribution in [2.75, 3.05) is 39.6 Å². The first-order valence-electron chi connectivity index (χ1n) is 38.0. The summed E-state index contributed by atoms with van der Waals surface area (Å²) in [6.45, 7) is 9.58. The normalized spacial score (nSPS) is 14.4. The zero-order valence-electron chi connectivity index (χ0n) is 59.9. The van der Waals surface area contributed by atoms with Crippen molar-refractivity contribution in [1.29, 1.82) is 0 Å². The third kappa shape index (κ3) is 65.4. The van der Waals surface area contributed by atoms with Gasteiger partial charge in [-0.15, -0.1) is 0 Å². The van der Waals surface area contributed by atoms with Crippen LogP contribution in [0.15, 0.2) is 0 Å². The van der Waals surface area contributed by atoms with Crippen molar-refractivity contribution in [3.8, 4) is 0 Å². The van der Waals surface area contributed by atoms with Crippen molar-refractivity contribution in [2.24, 2.45) is 11.8 Å². The molecule has 17 nitrogen and oxygen atoms in total. The molecule has 0 aliphatic rings. The van der Waals surface area contributed by atoms with Gasteiger partial charge in [-0.2, -0.15) is 0 Å². The van der Waals surface area contributed by atoms with Crippen LogP contribution in [-0.4, -0.2) is 96.7 Å². The maximum atomic E-state index is 13.0. The van der Waals surface area contributed by atoms with Crippen molar-refractivity contribution < 1.29 is 80.2 Å². The number of unbranched alkanes of at least 4 members (excludes halogenated alkanes) is 41. The maximum Gasteiger partial charge on any atom is 0.472 e. The molecule has 0 spiro atoms. The monoisotopic (exact) mass is 1350 g/mol. The zero-order valence-corrected chi connectivity index (χ0v) is 61.6. The van der Waals surface area contributed by atoms with Crippen LogP contribution in [-0.2, 0) is 65.4 Å². The van der Waals surface area contributed by atoms with E-state index in [1.807, 2.05) is 0 Å². The van der Waals surface area contributed by atoms with Crippen molar-refractivity contribution >= 4 is 39.5 Å². The minimum Gasteiger partial charge on any atom is -0.462 e. The van der Waals surface area contributed by atoms with Gasteiger partial charge in [-0.3, -0.25) is 37.3 Å². The van der Waals surface area contributed by atoms with E-state index in [1.165, 1.54) is 193 Å². The van der Waals surface area contributed by atoms with Crippen molar-refractivity contribution in [2.45, 2.75) is 394 Å². The molecule has 6 atom stereocenters. The van der Waals surface area contributed by atoms with E-state index in [2.05, 4.69) is 41.5 Å². The number of esters is 4. The molecule has 546 valence electrons. The number of hydrogen-bond acceptors (Lipinski definition) is 15. The van der Waals surface area contributed by atoms with Crippen LogP contribution in [0.25, 0.3) is 0 Å². The first kappa shape index (κ1) is 90.1. The summed E-state index contributed by atoms with van der Waals surface area (Å²) in [5.41, 5.74) is 0. The Labute approximate surface area is 562 Å². The van der Waals surface area contributed by atoms with Crippen LogP contribution in [0, 0.1) is 11.8 Å². The van der Waals surface area contributed by atoms with Crippen LogP contribution >= 0.6 is 15.6 Å². The van der Waals surface area contributed by atoms with Crippen LogP contribution < -0.4 is 0 Å². The Hall–Kier alpha value is -1.94. The maximum absolute atomic E-state index is 13.0. The molecule has 92 heavy (non-hydrogen) atoms. The minimum atomic E-state index is -4.95. The average Bonchev–Trinajstić information content (AvgIpc) is 2.70. The largest absolute Gasteiger partial charge is 0.472 e. The van der Waals surface area contributed by atoms with E-state index < -0.39 is 97.5 Å². The predicted octanol–water partition coefficient (Wildman–Crippen LogP) is 21.2. The average molecular weight is 1350 g/mol. The lowest BCUT2D eigenvalue weighted by Crippen LogP contribution is -2.30. The van der Waals surface area contributed by atoms with Crippen molar-refractivity contribution in [3.05, 3.63) is 0 Å². The number of rotatable bonds is 72. The lowest BCUT2D eigenvalue weighted by Gasteiger charge is -2.21. The third-order valence-corrected chi connectivity index (χ3v) is 19.2. The van der Waals surface area contributed by atoms with Gasteiger partial charge in [0.25, 0.3) is 0 Å². The van der Waals surface area contributed by atoms with Gasteiger partial charge in [-0.05, 0) is 37.5 Å². The molecule has 0 rings (SSSR count). The Morgan fingerprint density at radius 3 is 0.826 bits per heavy atom. The van der Waals surface area contributed by atoms with E-state index in [0.29, 0.717) is 25.7 Å². The summed E-state index contributed by atoms with van der Waals surface area (Å²) in [7, 11) is -9.90. The number of carbonyl (C=O) groups is 4. The van der Waals surface area contributed by atoms with Crippen LogP contribution in [0.4, 0.5) is 0 Å². The molecule has 0 fully saturated rings. The van der Waals surface area contributed by atoms with E-state index in [4.69, 9.17) is 37.0 Å². The highest BCUT2D eigenvalue weighted by Gasteiger charge is 2.30. The van der Waals surface area contributed by atoms with Gasteiger partial charge in [0.1, 0.15) is 19.3 Å². The van der Waals surface area contributed by atoms with Gasteiger partial charge in [-0.25, -0.2) is 9.13 Å². The molecule has 0 aromatic carbocycles. The molecular formula is C73H142O17P2. The van der Waals surface area contributed by atoms with Gasteiger partial charge in [-0.1, -0.05) is 324 Å². The highest BCUT2D eigenvalue weighted by atomic mass is 31.2. The van der Waals surface area contributed by atoms with E-state index in [1.54, 1.807) is 0 Å². The SMILES string of the molecule is CCCCCCCCCCCCC(=O)O[C@H](COC(=O)CCCCCCCCCCC)COP(=O)(O)OC[C@H](O)COP(=O)(O)OC[C@@H](COC(=O)CCCCCCCCCCC(C)CC)OC(=O)CCCCCCCCCCCCCCCCCCCCC(C)C. The van der Waals surface area contributed by atoms with Gasteiger partial charge in [0.05, 0.1) is 26.4 Å². The molecule has 0 amide bonds. The molecule has 3 N–H and O–H groups in total. The number of aliphatic hydroxyl groups excluding tert-OH is 1. The van der Waals surface area contributed by atoms with Gasteiger partial charge in [0, 0.05) is 25.7 Å². The summed E-state index contributed by atoms with van der Waals surface area (Å²) in [5, 5.41) is 10.6. The Bertz CT molecular complexity index is 1790. The third-order valence-electron chi connectivity index (χ3n) is 17.3. The summed E-state index contributed by atoms with van der Waals surface area (Å²) in [6, 6.07) is 0. The van der Waals surface area contributed by atoms with E-state index in [-0.39, 0.29) is 25.7 Å². The van der Waals surface area contributed by atoms with Gasteiger partial charge >= 0.3 is 39.5 Å². The number of phosphoric ester groups is 2. The highest BCUT2D eigenvalue weighted by Crippen LogP contribution is 2.45. The second-order valence-electron chi connectivity index (χ2n) is 27.1. The number of aliphatic hydroxyl groups is 1. The van der Waals surface area contributed by atoms with Crippen molar-refractivity contribution in [3.63, 3.8) is 0 Å². The lowest BCUT2D eigenvalue weighted by atomic mass is 9.99. The van der Waals surface area contributed by atoms with Crippen molar-refractivity contribution in [1.82, 2.24) is 0 Å². The molecule has 0 aromatic heterocycles. The smallest absolute Gasteiger partial charge is 0.462 e. The number of carbonyl (C=O) groups excluding carboxylic acids is 4. The van der Waals surface area contributed by atoms with Crippen LogP contribution in [0.2, 0.25) is 0 Å². The molecule has 19 heteroatoms. The molecule has 0 bridgehead atoms. The Morgan fingerprint density at radius 1 is 0.315 bits per heavy atom. The summed E-state index contributed by atoms with van der Waals surface area (Å²) in [5.74, 6) is -0.524. The van der Waals surface area contributed by atoms with Gasteiger partial charge < -0.3 is 33.8 Å². The van der Waals surface area contributed by atoms with Crippen LogP contribution in [0.3, 0.4) is 0 Å². The standard InChI is InChI=1S/C73H142O17P2/c1-7-10-12-14-16-18-31-39-45-51-57-72(77)89-68(61-83-70(75)55-49-43-37-29-17-15-13-11-8-2)63-87-91(79,80)85-59-67(74)60-86-92(81,82)88-64-69(62-84-71(76)56-50-44-38-34-33-36-42-48-54-66(6)9-3)90-73(78)58-52-46-40-32-28-26-24-22-20-19-21-23-25-27-30-35-41-47-53-65(4)5/h65-69,74H,7-64H2,1-6H3,(H,79,80)(H,81,82)/t66?,67-,68+,69+/m0/s1. The molecule has 0 aliphatic carbocycles. The minimum absolute atomic E-state index is 0.106. The van der Waals surface area contributed by atoms with E-state index >= 15 is 0 Å². The fourth-order valence-electron chi connectivity index (χ4n) is 11.1. The summed E-state index contributed by atoms with van der Waals surface area (Å²) < 4.78 is 68.3. The predicted molar refractivity (Wildman–Crippen MR) is 372 cm³/mol. The number of phosphoric acid groups is 2. The second-order valence-corrected chi connectivity index (χ2v) is 30.0. The molecule has 0 saturated carbocycles. The zero-order chi connectivity index (χ0) is 67.9. The molecular weight excluding hydrogens is 1210 g/mol. The van der Waals surface area contributed by atoms with Crippen LogP contribution in [0.1, 0.15) is 375 Å². The molecule has 3 unspecified atom stereocenters. The highest BCUT2D eigenvalue weighted by molar-refractivity contribution is 7.47. The first-order chi connectivity index (χ1) is 44.4. The molecule has 0 aromatic rings. The molecule has 0 heterocycles. The Balaban J connectivity index is 5.17. The second kappa shape index (κ2) is 65.0. The topological polar surface area (TPSA) is 237 Å². The van der Waals surface area contributed by atoms with Gasteiger partial charge in [0.2, 0.25) is 0 Å². The number of hydrogen-bond donors (Lipinski definition) is 3. The summed E-state index contributed by atoms with van der Waals surface area (Å²) in [4.78, 5) is 72.5.